The first-order valence-electron chi connectivity index (χ1n) is 5.73. The zero-order valence-corrected chi connectivity index (χ0v) is 10.6. The number of benzene rings is 1. The van der Waals surface area contributed by atoms with Crippen LogP contribution in [0.3, 0.4) is 0 Å². The van der Waals surface area contributed by atoms with Gasteiger partial charge < -0.3 is 15.8 Å². The molecule has 0 bridgehead atoms. The minimum absolute atomic E-state index is 0.411. The summed E-state index contributed by atoms with van der Waals surface area (Å²) in [6.45, 7) is 6.60. The Balaban J connectivity index is 2.73. The molecule has 0 amide bonds. The van der Waals surface area contributed by atoms with Crippen molar-refractivity contribution in [2.24, 2.45) is 5.92 Å². The van der Waals surface area contributed by atoms with Crippen LogP contribution in [0.5, 0.6) is 5.75 Å². The third-order valence-corrected chi connectivity index (χ3v) is 2.51. The maximum atomic E-state index is 5.99. The molecule has 0 aliphatic carbocycles. The van der Waals surface area contributed by atoms with Crippen LogP contribution in [0, 0.1) is 5.92 Å². The van der Waals surface area contributed by atoms with Crippen molar-refractivity contribution >= 4 is 11.4 Å². The molecule has 0 aromatic heterocycles. The van der Waals surface area contributed by atoms with Crippen LogP contribution in [-0.4, -0.2) is 13.2 Å². The number of ether oxygens (including phenoxy) is 1. The first kappa shape index (κ1) is 12.7. The summed E-state index contributed by atoms with van der Waals surface area (Å²) in [6, 6.07) is 6.21. The van der Waals surface area contributed by atoms with Crippen LogP contribution in [-0.2, 0) is 0 Å². The number of methoxy groups -OCH3 is 1. The van der Waals surface area contributed by atoms with E-state index in [2.05, 4.69) is 26.1 Å². The van der Waals surface area contributed by atoms with E-state index in [9.17, 15) is 0 Å². The molecule has 0 aliphatic rings. The van der Waals surface area contributed by atoms with E-state index in [1.807, 2.05) is 18.2 Å². The van der Waals surface area contributed by atoms with Crippen molar-refractivity contribution < 1.29 is 4.74 Å². The molecule has 1 atom stereocenters. The Kier molecular flexibility index (Phi) is 4.47. The molecule has 0 radical (unpaired) electrons. The number of hydrogen-bond acceptors (Lipinski definition) is 3. The van der Waals surface area contributed by atoms with E-state index in [-0.39, 0.29) is 0 Å². The van der Waals surface area contributed by atoms with Crippen LogP contribution >= 0.6 is 0 Å². The Bertz CT molecular complexity index is 337. The average Bonchev–Trinajstić information content (AvgIpc) is 2.20. The molecule has 0 spiro atoms. The predicted octanol–water partition coefficient (Wildman–Crippen LogP) is 3.12. The second kappa shape index (κ2) is 5.64. The highest BCUT2D eigenvalue weighted by molar-refractivity contribution is 5.73. The molecular formula is C13H22N2O. The summed E-state index contributed by atoms with van der Waals surface area (Å²) in [5, 5.41) is 3.41. The summed E-state index contributed by atoms with van der Waals surface area (Å²) in [5.74, 6) is 1.40. The van der Waals surface area contributed by atoms with E-state index < -0.39 is 0 Å². The van der Waals surface area contributed by atoms with Gasteiger partial charge in [-0.15, -0.1) is 0 Å². The fourth-order valence-electron chi connectivity index (χ4n) is 1.88. The molecule has 0 saturated carbocycles. The molecule has 0 fully saturated rings. The summed E-state index contributed by atoms with van der Waals surface area (Å²) in [6.07, 6.45) is 1.12. The highest BCUT2D eigenvalue weighted by atomic mass is 16.5. The zero-order chi connectivity index (χ0) is 12.1. The van der Waals surface area contributed by atoms with Crippen LogP contribution in [0.1, 0.15) is 27.2 Å². The van der Waals surface area contributed by atoms with Crippen molar-refractivity contribution in [1.29, 1.82) is 0 Å². The Morgan fingerprint density at radius 1 is 1.31 bits per heavy atom. The van der Waals surface area contributed by atoms with Gasteiger partial charge in [0.25, 0.3) is 0 Å². The molecule has 1 aromatic rings. The van der Waals surface area contributed by atoms with Gasteiger partial charge in [-0.3, -0.25) is 0 Å². The van der Waals surface area contributed by atoms with E-state index in [1.54, 1.807) is 7.11 Å². The molecule has 90 valence electrons. The smallest absolute Gasteiger partial charge is 0.143 e. The summed E-state index contributed by atoms with van der Waals surface area (Å²) in [5.41, 5.74) is 7.62. The van der Waals surface area contributed by atoms with Crippen molar-refractivity contribution in [1.82, 2.24) is 0 Å². The van der Waals surface area contributed by atoms with E-state index in [0.29, 0.717) is 17.6 Å². The fraction of sp³-hybridized carbons (Fsp3) is 0.538. The van der Waals surface area contributed by atoms with E-state index in [1.165, 1.54) is 0 Å². The zero-order valence-electron chi connectivity index (χ0n) is 10.6. The molecule has 1 aromatic carbocycles. The Morgan fingerprint density at radius 2 is 2.00 bits per heavy atom. The van der Waals surface area contributed by atoms with Gasteiger partial charge in [-0.25, -0.2) is 0 Å². The number of nitrogen functional groups attached to an aromatic ring is 1. The summed E-state index contributed by atoms with van der Waals surface area (Å²) < 4.78 is 5.18. The summed E-state index contributed by atoms with van der Waals surface area (Å²) in [7, 11) is 1.63. The van der Waals surface area contributed by atoms with Gasteiger partial charge in [0.2, 0.25) is 0 Å². The Hall–Kier alpha value is -1.38. The maximum Gasteiger partial charge on any atom is 0.143 e. The minimum atomic E-state index is 0.411. The van der Waals surface area contributed by atoms with Crippen LogP contribution in [0.2, 0.25) is 0 Å². The van der Waals surface area contributed by atoms with Crippen molar-refractivity contribution in [3.05, 3.63) is 18.2 Å². The fourth-order valence-corrected chi connectivity index (χ4v) is 1.88. The Labute approximate surface area is 98.0 Å². The normalized spacial score (nSPS) is 12.6. The number of nitrogens with one attached hydrogen (secondary N) is 1. The number of para-hydroxylation sites is 1. The van der Waals surface area contributed by atoms with E-state index in [0.717, 1.165) is 17.9 Å². The van der Waals surface area contributed by atoms with E-state index >= 15 is 0 Å². The van der Waals surface area contributed by atoms with Gasteiger partial charge >= 0.3 is 0 Å². The van der Waals surface area contributed by atoms with E-state index in [4.69, 9.17) is 10.5 Å². The summed E-state index contributed by atoms with van der Waals surface area (Å²) in [4.78, 5) is 0. The van der Waals surface area contributed by atoms with Gasteiger partial charge in [0.15, 0.2) is 0 Å². The third-order valence-electron chi connectivity index (χ3n) is 2.51. The van der Waals surface area contributed by atoms with Gasteiger partial charge in [-0.2, -0.15) is 0 Å². The average molecular weight is 222 g/mol. The van der Waals surface area contributed by atoms with Crippen molar-refractivity contribution in [2.45, 2.75) is 33.2 Å². The second-order valence-electron chi connectivity index (χ2n) is 4.60. The lowest BCUT2D eigenvalue weighted by Gasteiger charge is -2.19. The molecule has 16 heavy (non-hydrogen) atoms. The minimum Gasteiger partial charge on any atom is -0.495 e. The van der Waals surface area contributed by atoms with Crippen LogP contribution in [0.25, 0.3) is 0 Å². The summed E-state index contributed by atoms with van der Waals surface area (Å²) >= 11 is 0. The first-order valence-corrected chi connectivity index (χ1v) is 5.73. The lowest BCUT2D eigenvalue weighted by Crippen LogP contribution is -2.18. The van der Waals surface area contributed by atoms with Crippen molar-refractivity contribution in [3.63, 3.8) is 0 Å². The SMILES string of the molecule is COc1cccc(NC(C)CC(C)C)c1N. The monoisotopic (exact) mass is 222 g/mol. The van der Waals surface area contributed by atoms with Crippen molar-refractivity contribution in [2.75, 3.05) is 18.2 Å². The highest BCUT2D eigenvalue weighted by Crippen LogP contribution is 2.29. The molecular weight excluding hydrogens is 200 g/mol. The molecule has 3 N–H and O–H groups in total. The standard InChI is InChI=1S/C13H22N2O/c1-9(2)8-10(3)15-11-6-5-7-12(16-4)13(11)14/h5-7,9-10,15H,8,14H2,1-4H3. The Morgan fingerprint density at radius 3 is 2.56 bits per heavy atom. The van der Waals surface area contributed by atoms with Gasteiger partial charge in [0.05, 0.1) is 18.5 Å². The van der Waals surface area contributed by atoms with Gasteiger partial charge in [-0.1, -0.05) is 19.9 Å². The topological polar surface area (TPSA) is 47.3 Å². The van der Waals surface area contributed by atoms with Gasteiger partial charge in [0.1, 0.15) is 5.75 Å². The lowest BCUT2D eigenvalue weighted by molar-refractivity contribution is 0.417. The quantitative estimate of drug-likeness (QED) is 0.752. The molecule has 1 rings (SSSR count). The van der Waals surface area contributed by atoms with Crippen LogP contribution < -0.4 is 15.8 Å². The molecule has 3 heteroatoms. The number of hydrogen-bond donors (Lipinski definition) is 2. The van der Waals surface area contributed by atoms with Crippen LogP contribution in [0.4, 0.5) is 11.4 Å². The maximum absolute atomic E-state index is 5.99. The second-order valence-corrected chi connectivity index (χ2v) is 4.60. The first-order chi connectivity index (χ1) is 7.54. The molecule has 1 unspecified atom stereocenters. The molecule has 0 heterocycles. The number of rotatable bonds is 5. The number of anilines is 2. The number of nitrogens with two attached hydrogens (primary N) is 1. The highest BCUT2D eigenvalue weighted by Gasteiger charge is 2.09. The largest absolute Gasteiger partial charge is 0.495 e. The third kappa shape index (κ3) is 3.33. The van der Waals surface area contributed by atoms with Gasteiger partial charge in [-0.05, 0) is 31.4 Å². The molecule has 0 aliphatic heterocycles. The van der Waals surface area contributed by atoms with Gasteiger partial charge in [0, 0.05) is 6.04 Å². The predicted molar refractivity (Wildman–Crippen MR) is 69.9 cm³/mol. The van der Waals surface area contributed by atoms with Crippen molar-refractivity contribution in [3.8, 4) is 5.75 Å². The molecule has 3 nitrogen and oxygen atoms in total. The van der Waals surface area contributed by atoms with Crippen LogP contribution in [0.15, 0.2) is 18.2 Å². The lowest BCUT2D eigenvalue weighted by atomic mass is 10.0. The molecule has 0 saturated heterocycles.